The lowest BCUT2D eigenvalue weighted by Crippen LogP contribution is -2.49. The highest BCUT2D eigenvalue weighted by Gasteiger charge is 2.36. The minimum Gasteiger partial charge on any atom is -0.492 e. The molecule has 0 spiro atoms. The summed E-state index contributed by atoms with van der Waals surface area (Å²) < 4.78 is 18.2. The molecule has 1 unspecified atom stereocenters. The third-order valence-electron chi connectivity index (χ3n) is 4.03. The Hall–Kier alpha value is -1.66. The molecule has 1 aromatic rings. The van der Waals surface area contributed by atoms with E-state index in [1.807, 2.05) is 4.90 Å². The van der Waals surface area contributed by atoms with Crippen LogP contribution in [-0.2, 0) is 4.79 Å². The van der Waals surface area contributed by atoms with Gasteiger partial charge in [-0.25, -0.2) is 4.39 Å². The van der Waals surface area contributed by atoms with E-state index >= 15 is 0 Å². The predicted octanol–water partition coefficient (Wildman–Crippen LogP) is 1.56. The molecule has 23 heavy (non-hydrogen) atoms. The van der Waals surface area contributed by atoms with Crippen LogP contribution in [0.25, 0.3) is 0 Å². The summed E-state index contributed by atoms with van der Waals surface area (Å²) in [6.07, 6.45) is 1.90. The Kier molecular flexibility index (Phi) is 5.96. The van der Waals surface area contributed by atoms with Crippen LogP contribution in [0.1, 0.15) is 26.7 Å². The van der Waals surface area contributed by atoms with Crippen molar-refractivity contribution < 1.29 is 19.0 Å². The minimum atomic E-state index is -0.803. The van der Waals surface area contributed by atoms with Gasteiger partial charge in [0.25, 0.3) is 0 Å². The van der Waals surface area contributed by atoms with E-state index < -0.39 is 5.60 Å². The highest BCUT2D eigenvalue weighted by atomic mass is 19.1. The van der Waals surface area contributed by atoms with E-state index in [1.54, 1.807) is 26.0 Å². The van der Waals surface area contributed by atoms with E-state index in [2.05, 4.69) is 5.32 Å². The highest BCUT2D eigenvalue weighted by Crippen LogP contribution is 2.26. The van der Waals surface area contributed by atoms with Crippen molar-refractivity contribution >= 4 is 5.91 Å². The van der Waals surface area contributed by atoms with Gasteiger partial charge in [0.2, 0.25) is 5.91 Å². The maximum atomic E-state index is 12.8. The van der Waals surface area contributed by atoms with Crippen LogP contribution in [-0.4, -0.2) is 53.8 Å². The van der Waals surface area contributed by atoms with Crippen LogP contribution in [0.5, 0.6) is 5.75 Å². The molecule has 2 rings (SSSR count). The van der Waals surface area contributed by atoms with E-state index in [4.69, 9.17) is 4.74 Å². The average Bonchev–Trinajstić information content (AvgIpc) is 2.94. The van der Waals surface area contributed by atoms with Gasteiger partial charge >= 0.3 is 0 Å². The van der Waals surface area contributed by atoms with Gasteiger partial charge in [0.1, 0.15) is 18.2 Å². The number of aliphatic hydroxyl groups is 1. The van der Waals surface area contributed by atoms with Gasteiger partial charge in [-0.05, 0) is 57.5 Å². The number of benzene rings is 1. The maximum absolute atomic E-state index is 12.8. The number of amides is 1. The van der Waals surface area contributed by atoms with Crippen LogP contribution < -0.4 is 10.1 Å². The maximum Gasteiger partial charge on any atom is 0.234 e. The van der Waals surface area contributed by atoms with E-state index in [0.717, 1.165) is 19.4 Å². The smallest absolute Gasteiger partial charge is 0.234 e. The number of nitrogens with zero attached hydrogens (tertiary/aromatic N) is 1. The number of hydrogen-bond donors (Lipinski definition) is 2. The molecule has 0 radical (unpaired) electrons. The first-order valence-electron chi connectivity index (χ1n) is 7.98. The first kappa shape index (κ1) is 17.7. The molecule has 2 N–H and O–H groups in total. The van der Waals surface area contributed by atoms with E-state index in [1.165, 1.54) is 12.1 Å². The third kappa shape index (κ3) is 5.48. The standard InChI is InChI=1S/C17H25FN2O3/c1-17(2,22)15-4-3-10-20(15)12-16(21)19-9-11-23-14-7-5-13(18)6-8-14/h5-8,15,22H,3-4,9-12H2,1-2H3,(H,19,21). The lowest BCUT2D eigenvalue weighted by atomic mass is 9.97. The zero-order valence-electron chi connectivity index (χ0n) is 13.7. The first-order chi connectivity index (χ1) is 10.9. The number of hydrogen-bond acceptors (Lipinski definition) is 4. The summed E-state index contributed by atoms with van der Waals surface area (Å²) >= 11 is 0. The van der Waals surface area contributed by atoms with Crippen molar-refractivity contribution in [2.45, 2.75) is 38.3 Å². The molecule has 1 atom stereocenters. The summed E-state index contributed by atoms with van der Waals surface area (Å²) in [5.41, 5.74) is -0.803. The molecular weight excluding hydrogens is 299 g/mol. The number of halogens is 1. The average molecular weight is 324 g/mol. The molecule has 1 aromatic carbocycles. The van der Waals surface area contributed by atoms with Crippen molar-refractivity contribution in [3.8, 4) is 5.75 Å². The molecule has 1 amide bonds. The second-order valence-corrected chi connectivity index (χ2v) is 6.43. The Labute approximate surface area is 136 Å². The highest BCUT2D eigenvalue weighted by molar-refractivity contribution is 5.78. The summed E-state index contributed by atoms with van der Waals surface area (Å²) in [6, 6.07) is 5.78. The Morgan fingerprint density at radius 1 is 1.43 bits per heavy atom. The van der Waals surface area contributed by atoms with Gasteiger partial charge in [0.05, 0.1) is 18.7 Å². The summed E-state index contributed by atoms with van der Waals surface area (Å²) in [4.78, 5) is 14.0. The molecule has 1 heterocycles. The van der Waals surface area contributed by atoms with Crippen LogP contribution in [0.15, 0.2) is 24.3 Å². The van der Waals surface area contributed by atoms with Gasteiger partial charge in [-0.1, -0.05) is 0 Å². The van der Waals surface area contributed by atoms with Gasteiger partial charge in [-0.3, -0.25) is 9.69 Å². The molecule has 6 heteroatoms. The number of rotatable bonds is 7. The fourth-order valence-corrected chi connectivity index (χ4v) is 2.95. The van der Waals surface area contributed by atoms with Crippen LogP contribution >= 0.6 is 0 Å². The van der Waals surface area contributed by atoms with Crippen LogP contribution in [0, 0.1) is 5.82 Å². The summed E-state index contributed by atoms with van der Waals surface area (Å²) in [5.74, 6) is 0.184. The third-order valence-corrected chi connectivity index (χ3v) is 4.03. The van der Waals surface area contributed by atoms with E-state index in [-0.39, 0.29) is 24.3 Å². The monoisotopic (exact) mass is 324 g/mol. The van der Waals surface area contributed by atoms with Crippen molar-refractivity contribution in [2.24, 2.45) is 0 Å². The zero-order chi connectivity index (χ0) is 16.9. The number of nitrogens with one attached hydrogen (secondary N) is 1. The second-order valence-electron chi connectivity index (χ2n) is 6.43. The summed E-state index contributed by atoms with van der Waals surface area (Å²) in [7, 11) is 0. The molecule has 0 saturated carbocycles. The predicted molar refractivity (Wildman–Crippen MR) is 85.8 cm³/mol. The van der Waals surface area contributed by atoms with E-state index in [9.17, 15) is 14.3 Å². The van der Waals surface area contributed by atoms with Gasteiger partial charge in [-0.15, -0.1) is 0 Å². The largest absolute Gasteiger partial charge is 0.492 e. The molecule has 0 aromatic heterocycles. The number of carbonyl (C=O) groups is 1. The Morgan fingerprint density at radius 3 is 2.78 bits per heavy atom. The summed E-state index contributed by atoms with van der Waals surface area (Å²) in [5, 5.41) is 12.9. The Morgan fingerprint density at radius 2 is 2.13 bits per heavy atom. The molecule has 1 fully saturated rings. The van der Waals surface area contributed by atoms with Crippen molar-refractivity contribution in [3.05, 3.63) is 30.1 Å². The van der Waals surface area contributed by atoms with Gasteiger partial charge in [0, 0.05) is 6.04 Å². The van der Waals surface area contributed by atoms with Crippen molar-refractivity contribution in [1.29, 1.82) is 0 Å². The quantitative estimate of drug-likeness (QED) is 0.747. The first-order valence-corrected chi connectivity index (χ1v) is 7.98. The number of ether oxygens (including phenoxy) is 1. The van der Waals surface area contributed by atoms with Gasteiger partial charge < -0.3 is 15.2 Å². The molecule has 1 aliphatic rings. The fraction of sp³-hybridized carbons (Fsp3) is 0.588. The molecular formula is C17H25FN2O3. The van der Waals surface area contributed by atoms with Crippen molar-refractivity contribution in [1.82, 2.24) is 10.2 Å². The normalized spacial score (nSPS) is 18.9. The molecule has 0 aliphatic carbocycles. The number of carbonyl (C=O) groups excluding carboxylic acids is 1. The molecule has 0 bridgehead atoms. The van der Waals surface area contributed by atoms with Gasteiger partial charge in [0.15, 0.2) is 0 Å². The van der Waals surface area contributed by atoms with E-state index in [0.29, 0.717) is 18.9 Å². The molecule has 1 saturated heterocycles. The summed E-state index contributed by atoms with van der Waals surface area (Å²) in [6.45, 7) is 5.39. The molecule has 128 valence electrons. The second kappa shape index (κ2) is 7.75. The van der Waals surface area contributed by atoms with Crippen LogP contribution in [0.3, 0.4) is 0 Å². The Balaban J connectivity index is 1.68. The lowest BCUT2D eigenvalue weighted by molar-refractivity contribution is -0.123. The molecule has 5 nitrogen and oxygen atoms in total. The SMILES string of the molecule is CC(C)(O)C1CCCN1CC(=O)NCCOc1ccc(F)cc1. The zero-order valence-corrected chi connectivity index (χ0v) is 13.7. The van der Waals surface area contributed by atoms with Gasteiger partial charge in [-0.2, -0.15) is 0 Å². The topological polar surface area (TPSA) is 61.8 Å². The Bertz CT molecular complexity index is 514. The molecule has 1 aliphatic heterocycles. The van der Waals surface area contributed by atoms with Crippen molar-refractivity contribution in [3.63, 3.8) is 0 Å². The lowest BCUT2D eigenvalue weighted by Gasteiger charge is -2.33. The number of likely N-dealkylation sites (tertiary alicyclic amines) is 1. The van der Waals surface area contributed by atoms with Crippen LogP contribution in [0.2, 0.25) is 0 Å². The van der Waals surface area contributed by atoms with Crippen molar-refractivity contribution in [2.75, 3.05) is 26.2 Å². The fourth-order valence-electron chi connectivity index (χ4n) is 2.95. The minimum absolute atomic E-state index is 0.0173. The van der Waals surface area contributed by atoms with Crippen LogP contribution in [0.4, 0.5) is 4.39 Å².